The summed E-state index contributed by atoms with van der Waals surface area (Å²) in [5.41, 5.74) is 12.1. The quantitative estimate of drug-likeness (QED) is 0.223. The maximum Gasteiger partial charge on any atom is 0.431 e. The zero-order valence-corrected chi connectivity index (χ0v) is 15.8. The molecular weight excluding hydrogens is 399 g/mol. The predicted octanol–water partition coefficient (Wildman–Crippen LogP) is 2.43. The molecule has 4 heterocycles. The van der Waals surface area contributed by atoms with Gasteiger partial charge in [-0.1, -0.05) is 6.07 Å². The van der Waals surface area contributed by atoms with Crippen molar-refractivity contribution in [1.82, 2.24) is 9.38 Å². The lowest BCUT2D eigenvalue weighted by atomic mass is 10.1. The van der Waals surface area contributed by atoms with Crippen LogP contribution in [-0.2, 0) is 6.18 Å². The molecule has 0 bridgehead atoms. The summed E-state index contributed by atoms with van der Waals surface area (Å²) in [4.78, 5) is 27.5. The molecule has 0 saturated carbocycles. The number of halogens is 3. The molecule has 10 heteroatoms. The number of alkyl halides is 3. The van der Waals surface area contributed by atoms with Crippen LogP contribution >= 0.6 is 0 Å². The van der Waals surface area contributed by atoms with Crippen molar-refractivity contribution in [2.75, 3.05) is 5.73 Å². The van der Waals surface area contributed by atoms with Gasteiger partial charge in [-0.15, -0.1) is 4.40 Å². The van der Waals surface area contributed by atoms with Crippen molar-refractivity contribution in [3.05, 3.63) is 57.0 Å². The normalized spacial score (nSPS) is 12.7. The minimum Gasteiger partial charge on any atom is -0.384 e. The number of nitrogen functional groups attached to an aromatic ring is 1. The number of aryl methyl sites for hydroxylation is 2. The van der Waals surface area contributed by atoms with Crippen LogP contribution in [-0.4, -0.2) is 15.3 Å². The number of anilines is 1. The largest absolute Gasteiger partial charge is 0.431 e. The molecule has 0 saturated heterocycles. The van der Waals surface area contributed by atoms with Gasteiger partial charge in [0.05, 0.1) is 10.9 Å². The molecule has 0 aliphatic heterocycles. The third-order valence-corrected chi connectivity index (χ3v) is 5.56. The van der Waals surface area contributed by atoms with Crippen molar-refractivity contribution >= 4 is 44.7 Å². The van der Waals surface area contributed by atoms with Gasteiger partial charge in [0.2, 0.25) is 0 Å². The fourth-order valence-electron chi connectivity index (χ4n) is 4.39. The lowest BCUT2D eigenvalue weighted by molar-refractivity contribution is -0.488. The van der Waals surface area contributed by atoms with Crippen LogP contribution in [0.2, 0.25) is 0 Å². The number of primary amides is 1. The summed E-state index contributed by atoms with van der Waals surface area (Å²) < 4.78 is 44.9. The Labute approximate surface area is 165 Å². The molecule has 152 valence electrons. The second kappa shape index (κ2) is 5.41. The van der Waals surface area contributed by atoms with Crippen LogP contribution in [0, 0.1) is 13.8 Å². The van der Waals surface area contributed by atoms with Crippen molar-refractivity contribution < 1.29 is 22.4 Å². The smallest absolute Gasteiger partial charge is 0.384 e. The van der Waals surface area contributed by atoms with Gasteiger partial charge in [0.15, 0.2) is 5.69 Å². The van der Waals surface area contributed by atoms with Crippen LogP contribution in [0.25, 0.3) is 33.0 Å². The first-order valence-electron chi connectivity index (χ1n) is 8.97. The van der Waals surface area contributed by atoms with Gasteiger partial charge in [-0.25, -0.2) is 0 Å². The maximum atomic E-state index is 14.0. The Morgan fingerprint density at radius 1 is 1.10 bits per heavy atom. The van der Waals surface area contributed by atoms with Crippen LogP contribution in [0.5, 0.6) is 0 Å². The molecule has 30 heavy (non-hydrogen) atoms. The SMILES string of the molecule is Cc1ccc(=O)c2c1n1c(N)c(C(N)=O)c3c(C(F)(F)F)[nH]c4ccc(C)[n+]2c4c31. The van der Waals surface area contributed by atoms with Crippen LogP contribution in [0.4, 0.5) is 19.0 Å². The number of nitrogens with zero attached hydrogens (tertiary/aromatic N) is 2. The number of nitrogens with one attached hydrogen (secondary N) is 1. The zero-order valence-electron chi connectivity index (χ0n) is 15.8. The van der Waals surface area contributed by atoms with Crippen LogP contribution < -0.4 is 21.3 Å². The Morgan fingerprint density at radius 3 is 2.43 bits per heavy atom. The average Bonchev–Trinajstić information content (AvgIpc) is 2.96. The van der Waals surface area contributed by atoms with E-state index in [2.05, 4.69) is 4.98 Å². The van der Waals surface area contributed by atoms with Gasteiger partial charge in [0.1, 0.15) is 28.1 Å². The van der Waals surface area contributed by atoms with E-state index < -0.39 is 28.7 Å². The summed E-state index contributed by atoms with van der Waals surface area (Å²) in [6.07, 6.45) is -4.80. The molecule has 0 atom stereocenters. The van der Waals surface area contributed by atoms with E-state index in [1.807, 2.05) is 0 Å². The predicted molar refractivity (Wildman–Crippen MR) is 105 cm³/mol. The highest BCUT2D eigenvalue weighted by molar-refractivity contribution is 6.18. The topological polar surface area (TPSA) is 110 Å². The molecule has 4 aromatic heterocycles. The minimum absolute atomic E-state index is 0.0762. The number of carbonyl (C=O) groups excluding carboxylic acids is 1. The molecule has 5 N–H and O–H groups in total. The molecule has 0 aliphatic carbocycles. The molecule has 5 rings (SSSR count). The van der Waals surface area contributed by atoms with Crippen molar-refractivity contribution in [1.29, 1.82) is 0 Å². The number of aromatic amines is 1. The van der Waals surface area contributed by atoms with Gasteiger partial charge in [-0.2, -0.15) is 13.2 Å². The number of fused-ring (bicyclic) bond motifs is 3. The first-order valence-corrected chi connectivity index (χ1v) is 8.97. The number of nitrogens with two attached hydrogens (primary N) is 2. The van der Waals surface area contributed by atoms with Crippen molar-refractivity contribution in [2.24, 2.45) is 5.73 Å². The van der Waals surface area contributed by atoms with E-state index >= 15 is 0 Å². The first-order chi connectivity index (χ1) is 14.0. The summed E-state index contributed by atoms with van der Waals surface area (Å²) in [5, 5.41) is -0.416. The highest BCUT2D eigenvalue weighted by atomic mass is 19.4. The van der Waals surface area contributed by atoms with E-state index in [4.69, 9.17) is 11.5 Å². The molecule has 5 aromatic rings. The van der Waals surface area contributed by atoms with Crippen molar-refractivity contribution in [2.45, 2.75) is 20.0 Å². The van der Waals surface area contributed by atoms with E-state index in [1.165, 1.54) is 16.5 Å². The number of rotatable bonds is 1. The van der Waals surface area contributed by atoms with Gasteiger partial charge in [-0.3, -0.25) is 14.0 Å². The molecule has 0 spiro atoms. The summed E-state index contributed by atoms with van der Waals surface area (Å²) in [5.74, 6) is -1.33. The molecule has 7 nitrogen and oxygen atoms in total. The Hall–Kier alpha value is -3.82. The number of benzene rings is 1. The van der Waals surface area contributed by atoms with E-state index in [9.17, 15) is 22.8 Å². The molecule has 0 unspecified atom stereocenters. The molecule has 1 aromatic carbocycles. The zero-order chi connectivity index (χ0) is 21.7. The van der Waals surface area contributed by atoms with Crippen LogP contribution in [0.1, 0.15) is 27.3 Å². The number of hydrogen-bond donors (Lipinski definition) is 3. The third kappa shape index (κ3) is 2.02. The molecule has 0 fully saturated rings. The molecule has 0 radical (unpaired) electrons. The van der Waals surface area contributed by atoms with Crippen LogP contribution in [0.3, 0.4) is 0 Å². The van der Waals surface area contributed by atoms with Gasteiger partial charge in [0.25, 0.3) is 22.4 Å². The lowest BCUT2D eigenvalue weighted by Crippen LogP contribution is -2.34. The highest BCUT2D eigenvalue weighted by Gasteiger charge is 2.41. The summed E-state index contributed by atoms with van der Waals surface area (Å²) >= 11 is 0. The third-order valence-electron chi connectivity index (χ3n) is 5.56. The highest BCUT2D eigenvalue weighted by Crippen LogP contribution is 2.42. The van der Waals surface area contributed by atoms with Gasteiger partial charge >= 0.3 is 6.18 Å². The fourth-order valence-corrected chi connectivity index (χ4v) is 4.39. The number of carbonyl (C=O) groups is 1. The standard InChI is InChI=1S/C20H14F3N5O2/c1-7-3-6-10(29)15-13(7)28-16-11(12(18(28)24)19(25)30)17(20(21,22)23)26-9-5-4-8(2)27(15)14(9)16/h3-6,24H,1-2H3,(H3,25,29,30)/p+1. The Bertz CT molecular complexity index is 1610. The monoisotopic (exact) mass is 414 g/mol. The minimum atomic E-state index is -4.80. The number of H-pyrrole nitrogens is 1. The van der Waals surface area contributed by atoms with E-state index in [1.54, 1.807) is 30.4 Å². The number of hydrogen-bond acceptors (Lipinski definition) is 3. The van der Waals surface area contributed by atoms with E-state index in [0.717, 1.165) is 0 Å². The van der Waals surface area contributed by atoms with Crippen molar-refractivity contribution in [3.8, 4) is 0 Å². The molecular formula is C20H15F3N5O2+. The molecule has 1 amide bonds. The Morgan fingerprint density at radius 2 is 1.80 bits per heavy atom. The number of amides is 1. The Balaban J connectivity index is 2.34. The summed E-state index contributed by atoms with van der Waals surface area (Å²) in [7, 11) is 0. The maximum absolute atomic E-state index is 14.0. The number of aromatic nitrogens is 3. The van der Waals surface area contributed by atoms with E-state index in [0.29, 0.717) is 22.3 Å². The number of pyridine rings is 2. The van der Waals surface area contributed by atoms with Crippen molar-refractivity contribution in [3.63, 3.8) is 0 Å². The molecule has 0 aliphatic rings. The second-order valence-electron chi connectivity index (χ2n) is 7.33. The Kier molecular flexibility index (Phi) is 3.28. The van der Waals surface area contributed by atoms with Gasteiger partial charge in [-0.05, 0) is 24.6 Å². The van der Waals surface area contributed by atoms with Crippen LogP contribution in [0.15, 0.2) is 29.1 Å². The summed E-state index contributed by atoms with van der Waals surface area (Å²) in [6, 6.07) is 6.08. The average molecular weight is 414 g/mol. The fraction of sp³-hybridized carbons (Fsp3) is 0.150. The lowest BCUT2D eigenvalue weighted by Gasteiger charge is -2.13. The second-order valence-corrected chi connectivity index (χ2v) is 7.33. The first kappa shape index (κ1) is 18.2. The summed E-state index contributed by atoms with van der Waals surface area (Å²) in [6.45, 7) is 3.46. The van der Waals surface area contributed by atoms with E-state index in [-0.39, 0.29) is 27.8 Å². The van der Waals surface area contributed by atoms with Gasteiger partial charge in [0, 0.05) is 13.0 Å². The van der Waals surface area contributed by atoms with Gasteiger partial charge < -0.3 is 16.5 Å².